The molecule has 31 heavy (non-hydrogen) atoms. The van der Waals surface area contributed by atoms with Crippen LogP contribution in [0.1, 0.15) is 37.4 Å². The van der Waals surface area contributed by atoms with Gasteiger partial charge in [0, 0.05) is 27.9 Å². The van der Waals surface area contributed by atoms with E-state index in [4.69, 9.17) is 11.6 Å². The zero-order chi connectivity index (χ0) is 22.3. The first-order valence-electron chi connectivity index (χ1n) is 8.92. The number of urea groups is 1. The SMILES string of the molecule is O=C(Nc1ccc2c(c1)C(=O)c1ccccc1C2=O)Nc1cc(C(F)(F)F)ccc1Cl. The van der Waals surface area contributed by atoms with Crippen LogP contribution in [0.25, 0.3) is 0 Å². The van der Waals surface area contributed by atoms with Gasteiger partial charge in [0.25, 0.3) is 0 Å². The van der Waals surface area contributed by atoms with Crippen molar-refractivity contribution in [2.45, 2.75) is 6.18 Å². The van der Waals surface area contributed by atoms with Gasteiger partial charge in [-0.2, -0.15) is 13.2 Å². The Morgan fingerprint density at radius 3 is 2.03 bits per heavy atom. The highest BCUT2D eigenvalue weighted by atomic mass is 35.5. The van der Waals surface area contributed by atoms with Gasteiger partial charge < -0.3 is 10.6 Å². The Morgan fingerprint density at radius 2 is 1.39 bits per heavy atom. The van der Waals surface area contributed by atoms with E-state index < -0.39 is 17.8 Å². The molecule has 0 unspecified atom stereocenters. The summed E-state index contributed by atoms with van der Waals surface area (Å²) in [6, 6.07) is 12.3. The molecule has 0 fully saturated rings. The highest BCUT2D eigenvalue weighted by molar-refractivity contribution is 6.34. The van der Waals surface area contributed by atoms with Crippen molar-refractivity contribution in [3.63, 3.8) is 0 Å². The zero-order valence-corrected chi connectivity index (χ0v) is 16.3. The third-order valence-corrected chi connectivity index (χ3v) is 5.05. The molecule has 0 bridgehead atoms. The monoisotopic (exact) mass is 444 g/mol. The van der Waals surface area contributed by atoms with Gasteiger partial charge in [-0.3, -0.25) is 9.59 Å². The minimum atomic E-state index is -4.60. The maximum absolute atomic E-state index is 12.9. The van der Waals surface area contributed by atoms with Crippen molar-refractivity contribution in [1.29, 1.82) is 0 Å². The van der Waals surface area contributed by atoms with Crippen molar-refractivity contribution in [3.05, 3.63) is 93.5 Å². The first kappa shape index (κ1) is 20.6. The lowest BCUT2D eigenvalue weighted by molar-refractivity contribution is -0.137. The predicted octanol–water partition coefficient (Wildman–Crippen LogP) is 5.78. The zero-order valence-electron chi connectivity index (χ0n) is 15.5. The number of ketones is 2. The number of alkyl halides is 3. The average molecular weight is 445 g/mol. The summed E-state index contributed by atoms with van der Waals surface area (Å²) in [6.45, 7) is 0. The number of fused-ring (bicyclic) bond motifs is 2. The van der Waals surface area contributed by atoms with E-state index >= 15 is 0 Å². The maximum Gasteiger partial charge on any atom is 0.416 e. The number of carbonyl (C=O) groups is 3. The molecule has 0 saturated carbocycles. The predicted molar refractivity (Wildman–Crippen MR) is 109 cm³/mol. The topological polar surface area (TPSA) is 75.3 Å². The molecule has 0 atom stereocenters. The standard InChI is InChI=1S/C22H12ClF3N2O3/c23-17-8-5-11(22(24,25)26)9-18(17)28-21(31)27-12-6-7-15-16(10-12)20(30)14-4-2-1-3-13(14)19(15)29/h1-10H,(H2,27,28,31). The van der Waals surface area contributed by atoms with E-state index in [0.717, 1.165) is 12.1 Å². The third-order valence-electron chi connectivity index (χ3n) is 4.72. The average Bonchev–Trinajstić information content (AvgIpc) is 2.72. The second-order valence-electron chi connectivity index (χ2n) is 6.74. The third kappa shape index (κ3) is 3.89. The Morgan fingerprint density at radius 1 is 0.774 bits per heavy atom. The smallest absolute Gasteiger partial charge is 0.308 e. The van der Waals surface area contributed by atoms with Crippen LogP contribution in [0.2, 0.25) is 5.02 Å². The normalized spacial score (nSPS) is 12.8. The molecular formula is C22H12ClF3N2O3. The summed E-state index contributed by atoms with van der Waals surface area (Å²) in [6.07, 6.45) is -4.60. The van der Waals surface area contributed by atoms with E-state index in [0.29, 0.717) is 11.6 Å². The molecule has 0 radical (unpaired) electrons. The Bertz CT molecular complexity index is 1250. The Hall–Kier alpha value is -3.65. The molecule has 0 saturated heterocycles. The van der Waals surface area contributed by atoms with Gasteiger partial charge in [-0.05, 0) is 36.4 Å². The first-order chi connectivity index (χ1) is 14.6. The van der Waals surface area contributed by atoms with Crippen LogP contribution in [-0.4, -0.2) is 17.6 Å². The quantitative estimate of drug-likeness (QED) is 0.411. The van der Waals surface area contributed by atoms with E-state index in [1.807, 2.05) is 0 Å². The molecule has 2 amide bonds. The summed E-state index contributed by atoms with van der Waals surface area (Å²) in [5.41, 5.74) is -0.125. The van der Waals surface area contributed by atoms with Gasteiger partial charge in [0.2, 0.25) is 0 Å². The molecule has 0 aromatic heterocycles. The lowest BCUT2D eigenvalue weighted by atomic mass is 9.84. The molecule has 1 aliphatic rings. The molecule has 1 aliphatic carbocycles. The first-order valence-corrected chi connectivity index (χ1v) is 9.30. The number of halogens is 4. The molecule has 0 aliphatic heterocycles. The lowest BCUT2D eigenvalue weighted by Gasteiger charge is -2.18. The van der Waals surface area contributed by atoms with Crippen LogP contribution < -0.4 is 10.6 Å². The number of anilines is 2. The van der Waals surface area contributed by atoms with Crippen molar-refractivity contribution in [2.75, 3.05) is 10.6 Å². The number of nitrogens with one attached hydrogen (secondary N) is 2. The van der Waals surface area contributed by atoms with Crippen molar-refractivity contribution in [1.82, 2.24) is 0 Å². The summed E-state index contributed by atoms with van der Waals surface area (Å²) in [5, 5.41) is 4.61. The minimum Gasteiger partial charge on any atom is -0.308 e. The van der Waals surface area contributed by atoms with Gasteiger partial charge >= 0.3 is 12.2 Å². The number of benzene rings is 3. The van der Waals surface area contributed by atoms with Crippen molar-refractivity contribution >= 4 is 40.6 Å². The van der Waals surface area contributed by atoms with Crippen LogP contribution in [0.4, 0.5) is 29.3 Å². The molecule has 4 rings (SSSR count). The molecule has 0 spiro atoms. The molecule has 156 valence electrons. The van der Waals surface area contributed by atoms with Crippen LogP contribution in [-0.2, 0) is 6.18 Å². The molecule has 2 N–H and O–H groups in total. The van der Waals surface area contributed by atoms with Crippen molar-refractivity contribution < 1.29 is 27.6 Å². The molecular weight excluding hydrogens is 433 g/mol. The van der Waals surface area contributed by atoms with Crippen LogP contribution in [0.5, 0.6) is 0 Å². The summed E-state index contributed by atoms with van der Waals surface area (Å²) < 4.78 is 38.7. The van der Waals surface area contributed by atoms with Crippen LogP contribution in [0, 0.1) is 0 Å². The molecule has 0 heterocycles. The van der Waals surface area contributed by atoms with Gasteiger partial charge in [0.05, 0.1) is 16.3 Å². The summed E-state index contributed by atoms with van der Waals surface area (Å²) in [4.78, 5) is 37.7. The van der Waals surface area contributed by atoms with E-state index in [1.165, 1.54) is 18.2 Å². The maximum atomic E-state index is 12.9. The van der Waals surface area contributed by atoms with Crippen molar-refractivity contribution in [3.8, 4) is 0 Å². The number of carbonyl (C=O) groups excluding carboxylic acids is 3. The fourth-order valence-electron chi connectivity index (χ4n) is 3.26. The van der Waals surface area contributed by atoms with E-state index in [9.17, 15) is 27.6 Å². The van der Waals surface area contributed by atoms with Crippen LogP contribution in [0.15, 0.2) is 60.7 Å². The van der Waals surface area contributed by atoms with E-state index in [2.05, 4.69) is 10.6 Å². The summed E-state index contributed by atoms with van der Waals surface area (Å²) >= 11 is 5.88. The molecule has 3 aromatic carbocycles. The highest BCUT2D eigenvalue weighted by Crippen LogP contribution is 2.34. The fraction of sp³-hybridized carbons (Fsp3) is 0.0455. The van der Waals surface area contributed by atoms with Gasteiger partial charge in [0.1, 0.15) is 0 Å². The summed E-state index contributed by atoms with van der Waals surface area (Å²) in [7, 11) is 0. The van der Waals surface area contributed by atoms with Crippen LogP contribution in [0.3, 0.4) is 0 Å². The highest BCUT2D eigenvalue weighted by Gasteiger charge is 2.31. The van der Waals surface area contributed by atoms with Gasteiger partial charge in [-0.25, -0.2) is 4.79 Å². The molecule has 9 heteroatoms. The van der Waals surface area contributed by atoms with Gasteiger partial charge in [0.15, 0.2) is 11.6 Å². The summed E-state index contributed by atoms with van der Waals surface area (Å²) in [5.74, 6) is -0.674. The second-order valence-corrected chi connectivity index (χ2v) is 7.14. The molecule has 3 aromatic rings. The lowest BCUT2D eigenvalue weighted by Crippen LogP contribution is -2.23. The minimum absolute atomic E-state index is 0.0778. The number of amides is 2. The number of hydrogen-bond acceptors (Lipinski definition) is 3. The Labute approximate surface area is 178 Å². The Balaban J connectivity index is 1.57. The van der Waals surface area contributed by atoms with Crippen LogP contribution >= 0.6 is 11.6 Å². The fourth-order valence-corrected chi connectivity index (χ4v) is 3.42. The second kappa shape index (κ2) is 7.55. The molecule has 5 nitrogen and oxygen atoms in total. The van der Waals surface area contributed by atoms with Gasteiger partial charge in [-0.1, -0.05) is 35.9 Å². The largest absolute Gasteiger partial charge is 0.416 e. The van der Waals surface area contributed by atoms with Gasteiger partial charge in [-0.15, -0.1) is 0 Å². The number of rotatable bonds is 2. The van der Waals surface area contributed by atoms with Crippen molar-refractivity contribution in [2.24, 2.45) is 0 Å². The Kier molecular flexibility index (Phi) is 5.02. The number of hydrogen-bond donors (Lipinski definition) is 2. The van der Waals surface area contributed by atoms with E-state index in [1.54, 1.807) is 24.3 Å². The van der Waals surface area contributed by atoms with E-state index in [-0.39, 0.29) is 44.7 Å².